The maximum atomic E-state index is 9.04. The normalized spacial score (nSPS) is 22.3. The van der Waals surface area contributed by atoms with Crippen molar-refractivity contribution in [3.05, 3.63) is 0 Å². The van der Waals surface area contributed by atoms with Crippen LogP contribution in [0.3, 0.4) is 0 Å². The smallest absolute Gasteiger partial charge is 0.0468 e. The Kier molecular flexibility index (Phi) is 4.35. The Morgan fingerprint density at radius 3 is 2.43 bits per heavy atom. The molecule has 0 radical (unpaired) electrons. The second-order valence-electron chi connectivity index (χ2n) is 4.89. The molecule has 0 saturated carbocycles. The van der Waals surface area contributed by atoms with Crippen molar-refractivity contribution >= 4 is 0 Å². The molecule has 1 atom stereocenters. The van der Waals surface area contributed by atoms with Crippen LogP contribution >= 0.6 is 0 Å². The molecule has 0 amide bonds. The molecule has 0 spiro atoms. The second kappa shape index (κ2) is 5.10. The molecule has 0 aromatic rings. The van der Waals surface area contributed by atoms with Crippen LogP contribution in [0.15, 0.2) is 0 Å². The lowest BCUT2D eigenvalue weighted by atomic mass is 9.73. The molecule has 1 unspecified atom stereocenters. The molecular formula is C11H23NO2. The summed E-state index contributed by atoms with van der Waals surface area (Å²) in [6, 6.07) is 0. The number of aliphatic hydroxyl groups is 1. The van der Waals surface area contributed by atoms with E-state index in [9.17, 15) is 0 Å². The molecule has 3 N–H and O–H groups in total. The zero-order valence-corrected chi connectivity index (χ0v) is 9.33. The van der Waals surface area contributed by atoms with Gasteiger partial charge in [-0.2, -0.15) is 0 Å². The first-order valence-electron chi connectivity index (χ1n) is 5.53. The van der Waals surface area contributed by atoms with E-state index in [1.807, 2.05) is 0 Å². The molecule has 0 bridgehead atoms. The fourth-order valence-corrected chi connectivity index (χ4v) is 2.47. The van der Waals surface area contributed by atoms with Gasteiger partial charge in [-0.05, 0) is 44.9 Å². The lowest BCUT2D eigenvalue weighted by Gasteiger charge is -2.38. The molecule has 0 aromatic heterocycles. The molecule has 84 valence electrons. The predicted octanol–water partition coefficient (Wildman–Crippen LogP) is 1.15. The summed E-state index contributed by atoms with van der Waals surface area (Å²) in [5, 5.41) is 9.04. The molecule has 1 aliphatic heterocycles. The minimum Gasteiger partial charge on any atom is -0.396 e. The largest absolute Gasteiger partial charge is 0.396 e. The van der Waals surface area contributed by atoms with Crippen molar-refractivity contribution in [2.24, 2.45) is 17.6 Å². The van der Waals surface area contributed by atoms with E-state index in [0.29, 0.717) is 11.8 Å². The Morgan fingerprint density at radius 1 is 1.43 bits per heavy atom. The Labute approximate surface area is 86.6 Å². The lowest BCUT2D eigenvalue weighted by Crippen LogP contribution is -2.46. The fraction of sp³-hybridized carbons (Fsp3) is 1.00. The van der Waals surface area contributed by atoms with E-state index in [1.165, 1.54) is 0 Å². The molecule has 0 aliphatic carbocycles. The molecule has 14 heavy (non-hydrogen) atoms. The van der Waals surface area contributed by atoms with Crippen LogP contribution < -0.4 is 5.73 Å². The summed E-state index contributed by atoms with van der Waals surface area (Å²) in [6.07, 6.45) is 2.99. The highest BCUT2D eigenvalue weighted by Crippen LogP contribution is 2.32. The van der Waals surface area contributed by atoms with Gasteiger partial charge in [0.15, 0.2) is 0 Å². The topological polar surface area (TPSA) is 55.5 Å². The number of aliphatic hydroxyl groups excluding tert-OH is 1. The van der Waals surface area contributed by atoms with E-state index in [-0.39, 0.29) is 12.1 Å². The summed E-state index contributed by atoms with van der Waals surface area (Å²) >= 11 is 0. The van der Waals surface area contributed by atoms with E-state index in [2.05, 4.69) is 13.8 Å². The molecule has 1 fully saturated rings. The van der Waals surface area contributed by atoms with Crippen molar-refractivity contribution in [1.29, 1.82) is 0 Å². The van der Waals surface area contributed by atoms with Crippen LogP contribution in [0.25, 0.3) is 0 Å². The molecule has 3 heteroatoms. The van der Waals surface area contributed by atoms with Crippen LogP contribution in [-0.2, 0) is 4.74 Å². The van der Waals surface area contributed by atoms with E-state index < -0.39 is 0 Å². The minimum absolute atomic E-state index is 0.190. The predicted molar refractivity (Wildman–Crippen MR) is 57.0 cm³/mol. The van der Waals surface area contributed by atoms with E-state index in [4.69, 9.17) is 15.6 Å². The minimum atomic E-state index is -0.190. The van der Waals surface area contributed by atoms with Crippen molar-refractivity contribution < 1.29 is 9.84 Å². The number of hydrogen-bond donors (Lipinski definition) is 2. The molecule has 1 heterocycles. The molecule has 1 aliphatic rings. The first-order valence-corrected chi connectivity index (χ1v) is 5.53. The van der Waals surface area contributed by atoms with E-state index >= 15 is 0 Å². The van der Waals surface area contributed by atoms with Gasteiger partial charge < -0.3 is 15.6 Å². The van der Waals surface area contributed by atoms with Crippen molar-refractivity contribution in [3.63, 3.8) is 0 Å². The van der Waals surface area contributed by atoms with Gasteiger partial charge in [0.2, 0.25) is 0 Å². The average Bonchev–Trinajstić information content (AvgIpc) is 2.14. The second-order valence-corrected chi connectivity index (χ2v) is 4.89. The first-order chi connectivity index (χ1) is 6.55. The Bertz CT molecular complexity index is 159. The third kappa shape index (κ3) is 3.23. The maximum Gasteiger partial charge on any atom is 0.0468 e. The van der Waals surface area contributed by atoms with Gasteiger partial charge in [0.05, 0.1) is 0 Å². The van der Waals surface area contributed by atoms with E-state index in [1.54, 1.807) is 0 Å². The molecule has 1 rings (SSSR count). The molecule has 0 aromatic carbocycles. The van der Waals surface area contributed by atoms with Crippen LogP contribution in [0.1, 0.15) is 33.1 Å². The summed E-state index contributed by atoms with van der Waals surface area (Å²) in [6.45, 7) is 6.06. The fourth-order valence-electron chi connectivity index (χ4n) is 2.47. The van der Waals surface area contributed by atoms with Crippen molar-refractivity contribution in [2.75, 3.05) is 19.8 Å². The van der Waals surface area contributed by atoms with Gasteiger partial charge in [-0.3, -0.25) is 0 Å². The maximum absolute atomic E-state index is 9.04. The van der Waals surface area contributed by atoms with Crippen LogP contribution in [0.4, 0.5) is 0 Å². The summed E-state index contributed by atoms with van der Waals surface area (Å²) in [4.78, 5) is 0. The summed E-state index contributed by atoms with van der Waals surface area (Å²) < 4.78 is 5.34. The zero-order chi connectivity index (χ0) is 10.6. The van der Waals surface area contributed by atoms with E-state index in [0.717, 1.165) is 32.5 Å². The van der Waals surface area contributed by atoms with Gasteiger partial charge in [0.25, 0.3) is 0 Å². The van der Waals surface area contributed by atoms with Crippen LogP contribution in [-0.4, -0.2) is 30.5 Å². The van der Waals surface area contributed by atoms with Gasteiger partial charge >= 0.3 is 0 Å². The Morgan fingerprint density at radius 2 is 2.00 bits per heavy atom. The number of rotatable bonds is 4. The van der Waals surface area contributed by atoms with Gasteiger partial charge in [0, 0.05) is 25.4 Å². The molecular weight excluding hydrogens is 178 g/mol. The van der Waals surface area contributed by atoms with Gasteiger partial charge in [0.1, 0.15) is 0 Å². The highest BCUT2D eigenvalue weighted by atomic mass is 16.5. The number of nitrogens with two attached hydrogens (primary N) is 1. The average molecular weight is 201 g/mol. The van der Waals surface area contributed by atoms with Crippen molar-refractivity contribution in [2.45, 2.75) is 38.6 Å². The number of ether oxygens (including phenoxy) is 1. The Hall–Kier alpha value is -0.120. The van der Waals surface area contributed by atoms with Crippen LogP contribution in [0.5, 0.6) is 0 Å². The number of hydrogen-bond acceptors (Lipinski definition) is 3. The highest BCUT2D eigenvalue weighted by Gasteiger charge is 2.32. The monoisotopic (exact) mass is 201 g/mol. The zero-order valence-electron chi connectivity index (χ0n) is 9.33. The Balaban J connectivity index is 2.56. The van der Waals surface area contributed by atoms with Crippen molar-refractivity contribution in [1.82, 2.24) is 0 Å². The SMILES string of the molecule is CC(C)(N)C(CCO)C1CCOCC1. The molecule has 3 nitrogen and oxygen atoms in total. The van der Waals surface area contributed by atoms with Crippen LogP contribution in [0.2, 0.25) is 0 Å². The first kappa shape index (κ1) is 12.0. The lowest BCUT2D eigenvalue weighted by molar-refractivity contribution is 0.0258. The van der Waals surface area contributed by atoms with Crippen LogP contribution in [0, 0.1) is 11.8 Å². The quantitative estimate of drug-likeness (QED) is 0.717. The van der Waals surface area contributed by atoms with Gasteiger partial charge in [-0.1, -0.05) is 0 Å². The summed E-state index contributed by atoms with van der Waals surface area (Å²) in [5.74, 6) is 1.03. The van der Waals surface area contributed by atoms with Gasteiger partial charge in [-0.15, -0.1) is 0 Å². The summed E-state index contributed by atoms with van der Waals surface area (Å²) in [5.41, 5.74) is 5.95. The standard InChI is InChI=1S/C11H23NO2/c1-11(2,12)10(3-6-13)9-4-7-14-8-5-9/h9-10,13H,3-8,12H2,1-2H3. The summed E-state index contributed by atoms with van der Waals surface area (Å²) in [7, 11) is 0. The third-order valence-corrected chi connectivity index (χ3v) is 3.23. The third-order valence-electron chi connectivity index (χ3n) is 3.23. The molecule has 1 saturated heterocycles. The highest BCUT2D eigenvalue weighted by molar-refractivity contribution is 4.87. The van der Waals surface area contributed by atoms with Crippen molar-refractivity contribution in [3.8, 4) is 0 Å². The van der Waals surface area contributed by atoms with Gasteiger partial charge in [-0.25, -0.2) is 0 Å².